The lowest BCUT2D eigenvalue weighted by molar-refractivity contribution is -0.116. The number of hydrogen-bond donors (Lipinski definition) is 2. The second kappa shape index (κ2) is 5.87. The third-order valence-electron chi connectivity index (χ3n) is 2.64. The fraction of sp³-hybridized carbons (Fsp3) is 0.167. The Labute approximate surface area is 128 Å². The minimum atomic E-state index is -0.342. The topological polar surface area (TPSA) is 77.1 Å². The van der Waals surface area contributed by atoms with Crippen molar-refractivity contribution in [1.29, 1.82) is 0 Å². The van der Waals surface area contributed by atoms with Gasteiger partial charge in [0.05, 0.1) is 15.7 Å². The monoisotopic (exact) mass is 331 g/mol. The summed E-state index contributed by atoms with van der Waals surface area (Å²) in [5.41, 5.74) is 7.04. The summed E-state index contributed by atoms with van der Waals surface area (Å²) < 4.78 is 1.39. The van der Waals surface area contributed by atoms with Gasteiger partial charge in [0.2, 0.25) is 5.91 Å². The summed E-state index contributed by atoms with van der Waals surface area (Å²) in [6.07, 6.45) is 0. The van der Waals surface area contributed by atoms with E-state index in [0.717, 1.165) is 17.0 Å². The average molecular weight is 332 g/mol. The molecule has 2 rings (SSSR count). The van der Waals surface area contributed by atoms with Crippen molar-refractivity contribution in [2.24, 2.45) is 0 Å². The number of nitrogens with two attached hydrogens (primary N) is 1. The number of anilines is 2. The maximum absolute atomic E-state index is 11.9. The summed E-state index contributed by atoms with van der Waals surface area (Å²) >= 11 is 12.8. The second-order valence-electron chi connectivity index (χ2n) is 4.13. The number of halogens is 2. The molecule has 5 nitrogen and oxygen atoms in total. The van der Waals surface area contributed by atoms with E-state index in [0.29, 0.717) is 5.69 Å². The van der Waals surface area contributed by atoms with Crippen LogP contribution in [0.4, 0.5) is 11.4 Å². The summed E-state index contributed by atoms with van der Waals surface area (Å²) in [6.45, 7) is 1.70. The van der Waals surface area contributed by atoms with Crippen molar-refractivity contribution in [2.45, 2.75) is 13.5 Å². The molecule has 1 aromatic carbocycles. The Morgan fingerprint density at radius 3 is 2.50 bits per heavy atom. The highest BCUT2D eigenvalue weighted by atomic mass is 35.5. The first-order valence-corrected chi connectivity index (χ1v) is 7.21. The first kappa shape index (κ1) is 14.9. The van der Waals surface area contributed by atoms with Gasteiger partial charge in [0.15, 0.2) is 0 Å². The second-order valence-corrected chi connectivity index (χ2v) is 5.77. The van der Waals surface area contributed by atoms with E-state index in [1.165, 1.54) is 16.7 Å². The molecule has 0 aliphatic heterocycles. The number of thiazole rings is 1. The molecule has 0 aliphatic carbocycles. The molecule has 1 heterocycles. The Morgan fingerprint density at radius 1 is 1.40 bits per heavy atom. The molecule has 1 amide bonds. The zero-order chi connectivity index (χ0) is 14.9. The highest BCUT2D eigenvalue weighted by Crippen LogP contribution is 2.31. The van der Waals surface area contributed by atoms with Crippen molar-refractivity contribution in [3.63, 3.8) is 0 Å². The molecular formula is C12H11Cl2N3O2S. The number of hydrogen-bond acceptors (Lipinski definition) is 4. The van der Waals surface area contributed by atoms with Gasteiger partial charge in [-0.05, 0) is 19.1 Å². The van der Waals surface area contributed by atoms with Gasteiger partial charge in [-0.3, -0.25) is 14.2 Å². The smallest absolute Gasteiger partial charge is 0.307 e. The summed E-state index contributed by atoms with van der Waals surface area (Å²) in [5.74, 6) is -0.342. The lowest BCUT2D eigenvalue weighted by Crippen LogP contribution is -2.25. The van der Waals surface area contributed by atoms with Crippen molar-refractivity contribution in [1.82, 2.24) is 4.57 Å². The minimum Gasteiger partial charge on any atom is -0.396 e. The van der Waals surface area contributed by atoms with Crippen LogP contribution in [-0.4, -0.2) is 10.5 Å². The Kier molecular flexibility index (Phi) is 4.37. The van der Waals surface area contributed by atoms with Crippen molar-refractivity contribution >= 4 is 51.8 Å². The molecule has 0 unspecified atom stereocenters. The number of nitrogen functional groups attached to an aromatic ring is 1. The third kappa shape index (κ3) is 3.15. The van der Waals surface area contributed by atoms with Crippen LogP contribution in [-0.2, 0) is 11.3 Å². The molecule has 0 saturated heterocycles. The molecule has 0 radical (unpaired) electrons. The average Bonchev–Trinajstić information content (AvgIpc) is 2.67. The molecule has 1 aromatic heterocycles. The number of nitrogens with zero attached hydrogens (tertiary/aromatic N) is 1. The van der Waals surface area contributed by atoms with E-state index in [1.54, 1.807) is 12.3 Å². The number of nitrogens with one attached hydrogen (secondary N) is 1. The first-order valence-electron chi connectivity index (χ1n) is 5.58. The van der Waals surface area contributed by atoms with Crippen LogP contribution in [0.25, 0.3) is 0 Å². The number of rotatable bonds is 3. The molecule has 106 valence electrons. The molecule has 0 atom stereocenters. The molecule has 3 N–H and O–H groups in total. The Morgan fingerprint density at radius 2 is 2.00 bits per heavy atom. The molecule has 8 heteroatoms. The standard InChI is InChI=1S/C12H11Cl2N3O2S/c1-6-5-20-12(19)17(6)4-10(18)16-7-2-8(13)11(15)9(14)3-7/h2-3,5H,4,15H2,1H3,(H,16,18). The lowest BCUT2D eigenvalue weighted by Gasteiger charge is -2.09. The van der Waals surface area contributed by atoms with E-state index < -0.39 is 0 Å². The van der Waals surface area contributed by atoms with Crippen LogP contribution in [0.1, 0.15) is 5.69 Å². The SMILES string of the molecule is Cc1csc(=O)n1CC(=O)Nc1cc(Cl)c(N)c(Cl)c1. The largest absolute Gasteiger partial charge is 0.396 e. The molecule has 0 saturated carbocycles. The van der Waals surface area contributed by atoms with Gasteiger partial charge in [-0.2, -0.15) is 0 Å². The predicted octanol–water partition coefficient (Wildman–Crippen LogP) is 2.75. The van der Waals surface area contributed by atoms with Gasteiger partial charge >= 0.3 is 4.87 Å². The van der Waals surface area contributed by atoms with Crippen LogP contribution in [0.5, 0.6) is 0 Å². The number of carbonyl (C=O) groups is 1. The number of benzene rings is 1. The van der Waals surface area contributed by atoms with Crippen LogP contribution in [0.15, 0.2) is 22.3 Å². The van der Waals surface area contributed by atoms with E-state index in [9.17, 15) is 9.59 Å². The van der Waals surface area contributed by atoms with Crippen LogP contribution < -0.4 is 15.9 Å². The van der Waals surface area contributed by atoms with Crippen molar-refractivity contribution < 1.29 is 4.79 Å². The van der Waals surface area contributed by atoms with Crippen molar-refractivity contribution in [2.75, 3.05) is 11.1 Å². The molecule has 2 aromatic rings. The first-order chi connectivity index (χ1) is 9.38. The summed E-state index contributed by atoms with van der Waals surface area (Å²) in [7, 11) is 0. The highest BCUT2D eigenvalue weighted by Gasteiger charge is 2.11. The maximum Gasteiger partial charge on any atom is 0.307 e. The minimum absolute atomic E-state index is 0.0617. The summed E-state index contributed by atoms with van der Waals surface area (Å²) in [4.78, 5) is 23.3. The van der Waals surface area contributed by atoms with Crippen LogP contribution in [0, 0.1) is 6.92 Å². The van der Waals surface area contributed by atoms with E-state index >= 15 is 0 Å². The van der Waals surface area contributed by atoms with Gasteiger partial charge in [-0.25, -0.2) is 0 Å². The van der Waals surface area contributed by atoms with Crippen LogP contribution >= 0.6 is 34.5 Å². The molecular weight excluding hydrogens is 321 g/mol. The number of carbonyl (C=O) groups excluding carboxylic acids is 1. The number of aryl methyl sites for hydroxylation is 1. The van der Waals surface area contributed by atoms with E-state index in [4.69, 9.17) is 28.9 Å². The molecule has 0 aliphatic rings. The van der Waals surface area contributed by atoms with E-state index in [-0.39, 0.29) is 33.1 Å². The molecule has 0 fully saturated rings. The predicted molar refractivity (Wildman–Crippen MR) is 82.8 cm³/mol. The normalized spacial score (nSPS) is 10.6. The molecule has 20 heavy (non-hydrogen) atoms. The van der Waals surface area contributed by atoms with E-state index in [2.05, 4.69) is 5.32 Å². The Hall–Kier alpha value is -1.50. The fourth-order valence-electron chi connectivity index (χ4n) is 1.60. The summed E-state index contributed by atoms with van der Waals surface area (Å²) in [5, 5.41) is 4.85. The number of aromatic nitrogens is 1. The molecule has 0 bridgehead atoms. The third-order valence-corrected chi connectivity index (χ3v) is 4.15. The number of amides is 1. The Bertz CT molecular complexity index is 701. The van der Waals surface area contributed by atoms with E-state index in [1.807, 2.05) is 0 Å². The maximum atomic E-state index is 11.9. The van der Waals surface area contributed by atoms with Gasteiger partial charge < -0.3 is 11.1 Å². The highest BCUT2D eigenvalue weighted by molar-refractivity contribution is 7.07. The lowest BCUT2D eigenvalue weighted by atomic mass is 10.3. The van der Waals surface area contributed by atoms with Crippen LogP contribution in [0.3, 0.4) is 0 Å². The van der Waals surface area contributed by atoms with Crippen molar-refractivity contribution in [3.8, 4) is 0 Å². The van der Waals surface area contributed by atoms with Gasteiger partial charge in [0.1, 0.15) is 6.54 Å². The van der Waals surface area contributed by atoms with Gasteiger partial charge in [-0.1, -0.05) is 34.5 Å². The fourth-order valence-corrected chi connectivity index (χ4v) is 2.82. The Balaban J connectivity index is 2.15. The van der Waals surface area contributed by atoms with Crippen molar-refractivity contribution in [3.05, 3.63) is 42.9 Å². The zero-order valence-electron chi connectivity index (χ0n) is 10.4. The van der Waals surface area contributed by atoms with Gasteiger partial charge in [-0.15, -0.1) is 0 Å². The van der Waals surface area contributed by atoms with Crippen LogP contribution in [0.2, 0.25) is 10.0 Å². The van der Waals surface area contributed by atoms with Gasteiger partial charge in [0.25, 0.3) is 0 Å². The summed E-state index contributed by atoms with van der Waals surface area (Å²) in [6, 6.07) is 3.01. The quantitative estimate of drug-likeness (QED) is 0.849. The molecule has 0 spiro atoms. The van der Waals surface area contributed by atoms with Gasteiger partial charge in [0, 0.05) is 16.8 Å². The zero-order valence-corrected chi connectivity index (χ0v) is 12.8.